The lowest BCUT2D eigenvalue weighted by atomic mass is 10.0. The van der Waals surface area contributed by atoms with Gasteiger partial charge in [0.05, 0.1) is 0 Å². The highest BCUT2D eigenvalue weighted by Crippen LogP contribution is 2.16. The van der Waals surface area contributed by atoms with Crippen molar-refractivity contribution in [2.75, 3.05) is 13.2 Å². The second kappa shape index (κ2) is 4.83. The Morgan fingerprint density at radius 1 is 1.44 bits per heavy atom. The molecule has 88 valence electrons. The van der Waals surface area contributed by atoms with E-state index in [1.807, 2.05) is 13.0 Å². The van der Waals surface area contributed by atoms with Gasteiger partial charge in [0.1, 0.15) is 6.61 Å². The fourth-order valence-electron chi connectivity index (χ4n) is 1.99. The van der Waals surface area contributed by atoms with Crippen molar-refractivity contribution in [1.82, 2.24) is 10.3 Å². The summed E-state index contributed by atoms with van der Waals surface area (Å²) in [5.41, 5.74) is 2.25. The largest absolute Gasteiger partial charge is 0.476 e. The maximum atomic E-state index is 5.72. The Hall–Kier alpha value is -1.09. The van der Waals surface area contributed by atoms with Crippen LogP contribution in [0.5, 0.6) is 5.88 Å². The van der Waals surface area contributed by atoms with Gasteiger partial charge in [-0.15, -0.1) is 0 Å². The summed E-state index contributed by atoms with van der Waals surface area (Å²) in [6.07, 6.45) is 1.24. The molecule has 0 spiro atoms. The molecule has 16 heavy (non-hydrogen) atoms. The van der Waals surface area contributed by atoms with Crippen molar-refractivity contribution < 1.29 is 4.74 Å². The van der Waals surface area contributed by atoms with Gasteiger partial charge in [0.2, 0.25) is 5.88 Å². The van der Waals surface area contributed by atoms with E-state index in [0.29, 0.717) is 12.0 Å². The SMILES string of the molecule is Cc1ccc(OCC2NCCC2C)nc1C. The van der Waals surface area contributed by atoms with Crippen LogP contribution in [0.2, 0.25) is 0 Å². The summed E-state index contributed by atoms with van der Waals surface area (Å²) < 4.78 is 5.72. The predicted molar refractivity (Wildman–Crippen MR) is 64.8 cm³/mol. The van der Waals surface area contributed by atoms with Crippen LogP contribution in [0.1, 0.15) is 24.6 Å². The minimum Gasteiger partial charge on any atom is -0.476 e. The Morgan fingerprint density at radius 2 is 2.25 bits per heavy atom. The third kappa shape index (κ3) is 2.53. The zero-order valence-electron chi connectivity index (χ0n) is 10.3. The van der Waals surface area contributed by atoms with Crippen molar-refractivity contribution in [3.8, 4) is 5.88 Å². The maximum Gasteiger partial charge on any atom is 0.213 e. The van der Waals surface area contributed by atoms with Crippen LogP contribution in [-0.4, -0.2) is 24.2 Å². The zero-order chi connectivity index (χ0) is 11.5. The molecule has 2 unspecified atom stereocenters. The minimum atomic E-state index is 0.475. The molecule has 1 aliphatic heterocycles. The number of hydrogen-bond acceptors (Lipinski definition) is 3. The van der Waals surface area contributed by atoms with Gasteiger partial charge in [0.25, 0.3) is 0 Å². The normalized spacial score (nSPS) is 24.7. The monoisotopic (exact) mass is 220 g/mol. The van der Waals surface area contributed by atoms with E-state index in [2.05, 4.69) is 30.2 Å². The summed E-state index contributed by atoms with van der Waals surface area (Å²) in [5, 5.41) is 3.45. The van der Waals surface area contributed by atoms with E-state index < -0.39 is 0 Å². The molecule has 2 atom stereocenters. The lowest BCUT2D eigenvalue weighted by Crippen LogP contribution is -2.32. The molecule has 0 radical (unpaired) electrons. The Bertz CT molecular complexity index is 365. The first-order valence-electron chi connectivity index (χ1n) is 5.97. The Kier molecular flexibility index (Phi) is 3.44. The Labute approximate surface area is 97.2 Å². The van der Waals surface area contributed by atoms with Crippen LogP contribution in [0.3, 0.4) is 0 Å². The van der Waals surface area contributed by atoms with Crippen molar-refractivity contribution in [3.05, 3.63) is 23.4 Å². The summed E-state index contributed by atoms with van der Waals surface area (Å²) in [6, 6.07) is 4.48. The summed E-state index contributed by atoms with van der Waals surface area (Å²) in [4.78, 5) is 4.41. The average Bonchev–Trinajstić information content (AvgIpc) is 2.66. The van der Waals surface area contributed by atoms with Gasteiger partial charge in [-0.3, -0.25) is 0 Å². The smallest absolute Gasteiger partial charge is 0.213 e. The van der Waals surface area contributed by atoms with Crippen LogP contribution in [0, 0.1) is 19.8 Å². The van der Waals surface area contributed by atoms with Crippen molar-refractivity contribution in [3.63, 3.8) is 0 Å². The molecule has 2 heterocycles. The number of ether oxygens (including phenoxy) is 1. The highest BCUT2D eigenvalue weighted by Gasteiger charge is 2.23. The number of hydrogen-bond donors (Lipinski definition) is 1. The van der Waals surface area contributed by atoms with Gasteiger partial charge in [-0.1, -0.05) is 13.0 Å². The fraction of sp³-hybridized carbons (Fsp3) is 0.615. The molecule has 2 rings (SSSR count). The number of aromatic nitrogens is 1. The van der Waals surface area contributed by atoms with Crippen LogP contribution in [0.15, 0.2) is 12.1 Å². The molecule has 1 aliphatic rings. The standard InChI is InChI=1S/C13H20N2O/c1-9-4-5-13(15-11(9)3)16-8-12-10(2)6-7-14-12/h4-5,10,12,14H,6-8H2,1-3H3. The molecule has 0 aliphatic carbocycles. The van der Waals surface area contributed by atoms with Crippen molar-refractivity contribution >= 4 is 0 Å². The van der Waals surface area contributed by atoms with Gasteiger partial charge in [0, 0.05) is 17.8 Å². The highest BCUT2D eigenvalue weighted by atomic mass is 16.5. The summed E-state index contributed by atoms with van der Waals surface area (Å²) in [6.45, 7) is 8.17. The van der Waals surface area contributed by atoms with Gasteiger partial charge in [-0.25, -0.2) is 4.98 Å². The first-order chi connectivity index (χ1) is 7.66. The zero-order valence-corrected chi connectivity index (χ0v) is 10.3. The molecule has 1 saturated heterocycles. The molecule has 1 aromatic rings. The fourth-order valence-corrected chi connectivity index (χ4v) is 1.99. The van der Waals surface area contributed by atoms with Gasteiger partial charge in [-0.2, -0.15) is 0 Å². The molecule has 0 amide bonds. The van der Waals surface area contributed by atoms with Crippen LogP contribution in [0.25, 0.3) is 0 Å². The predicted octanol–water partition coefficient (Wildman–Crippen LogP) is 2.08. The first-order valence-corrected chi connectivity index (χ1v) is 5.97. The quantitative estimate of drug-likeness (QED) is 0.846. The van der Waals surface area contributed by atoms with Gasteiger partial charge in [-0.05, 0) is 38.3 Å². The van der Waals surface area contributed by atoms with Gasteiger partial charge in [0.15, 0.2) is 0 Å². The number of aryl methyl sites for hydroxylation is 2. The molecule has 3 nitrogen and oxygen atoms in total. The second-order valence-electron chi connectivity index (χ2n) is 4.69. The highest BCUT2D eigenvalue weighted by molar-refractivity contribution is 5.23. The van der Waals surface area contributed by atoms with E-state index >= 15 is 0 Å². The second-order valence-corrected chi connectivity index (χ2v) is 4.69. The molecular formula is C13H20N2O. The number of pyridine rings is 1. The molecular weight excluding hydrogens is 200 g/mol. The summed E-state index contributed by atoms with van der Waals surface area (Å²) >= 11 is 0. The summed E-state index contributed by atoms with van der Waals surface area (Å²) in [7, 11) is 0. The number of nitrogens with one attached hydrogen (secondary N) is 1. The molecule has 1 N–H and O–H groups in total. The van der Waals surface area contributed by atoms with E-state index in [0.717, 1.165) is 24.7 Å². The van der Waals surface area contributed by atoms with E-state index in [1.54, 1.807) is 0 Å². The van der Waals surface area contributed by atoms with E-state index in [4.69, 9.17) is 4.74 Å². The molecule has 0 bridgehead atoms. The third-order valence-corrected chi connectivity index (χ3v) is 3.43. The summed E-state index contributed by atoms with van der Waals surface area (Å²) in [5.74, 6) is 1.44. The topological polar surface area (TPSA) is 34.1 Å². The average molecular weight is 220 g/mol. The van der Waals surface area contributed by atoms with Crippen molar-refractivity contribution in [2.45, 2.75) is 33.2 Å². The Balaban J connectivity index is 1.91. The first kappa shape index (κ1) is 11.4. The number of rotatable bonds is 3. The molecule has 1 aromatic heterocycles. The Morgan fingerprint density at radius 3 is 2.88 bits per heavy atom. The van der Waals surface area contributed by atoms with Gasteiger partial charge < -0.3 is 10.1 Å². The molecule has 1 fully saturated rings. The molecule has 0 saturated carbocycles. The van der Waals surface area contributed by atoms with E-state index in [-0.39, 0.29) is 0 Å². The lowest BCUT2D eigenvalue weighted by molar-refractivity contribution is 0.245. The van der Waals surface area contributed by atoms with Crippen molar-refractivity contribution in [1.29, 1.82) is 0 Å². The van der Waals surface area contributed by atoms with Crippen LogP contribution in [0.4, 0.5) is 0 Å². The lowest BCUT2D eigenvalue weighted by Gasteiger charge is -2.16. The third-order valence-electron chi connectivity index (χ3n) is 3.43. The van der Waals surface area contributed by atoms with Crippen LogP contribution >= 0.6 is 0 Å². The van der Waals surface area contributed by atoms with Gasteiger partial charge >= 0.3 is 0 Å². The number of nitrogens with zero attached hydrogens (tertiary/aromatic N) is 1. The minimum absolute atomic E-state index is 0.475. The maximum absolute atomic E-state index is 5.72. The van der Waals surface area contributed by atoms with Crippen molar-refractivity contribution in [2.24, 2.45) is 5.92 Å². The molecule has 3 heteroatoms. The van der Waals surface area contributed by atoms with Crippen LogP contribution in [-0.2, 0) is 0 Å². The molecule has 0 aromatic carbocycles. The van der Waals surface area contributed by atoms with Crippen LogP contribution < -0.4 is 10.1 Å². The van der Waals surface area contributed by atoms with E-state index in [1.165, 1.54) is 12.0 Å². The van der Waals surface area contributed by atoms with E-state index in [9.17, 15) is 0 Å².